The number of hydrogen-bond donors (Lipinski definition) is 2. The van der Waals surface area contributed by atoms with Crippen molar-refractivity contribution in [2.24, 2.45) is 5.14 Å². The van der Waals surface area contributed by atoms with Gasteiger partial charge in [-0.05, 0) is 63.8 Å². The Balaban J connectivity index is 1.96. The average molecular weight is 398 g/mol. The van der Waals surface area contributed by atoms with Crippen molar-refractivity contribution >= 4 is 15.9 Å². The second kappa shape index (κ2) is 9.14. The number of primary sulfonamides is 1. The van der Waals surface area contributed by atoms with E-state index >= 15 is 0 Å². The zero-order valence-corrected chi connectivity index (χ0v) is 17.4. The Hall–Kier alpha value is -1.48. The van der Waals surface area contributed by atoms with Crippen LogP contribution in [0.4, 0.5) is 0 Å². The second-order valence-corrected chi connectivity index (χ2v) is 9.03. The van der Waals surface area contributed by atoms with Crippen molar-refractivity contribution in [1.29, 1.82) is 0 Å². The van der Waals surface area contributed by atoms with Gasteiger partial charge in [-0.15, -0.1) is 0 Å². The normalized spacial score (nSPS) is 16.7. The lowest BCUT2D eigenvalue weighted by atomic mass is 10.0. The number of hydrogen-bond acceptors (Lipinski definition) is 5. The van der Waals surface area contributed by atoms with Crippen LogP contribution in [0.15, 0.2) is 17.0 Å². The summed E-state index contributed by atoms with van der Waals surface area (Å²) in [6.45, 7) is 11.1. The number of likely N-dealkylation sites (tertiary alicyclic amines) is 1. The van der Waals surface area contributed by atoms with Crippen LogP contribution in [0.3, 0.4) is 0 Å². The van der Waals surface area contributed by atoms with Crippen LogP contribution >= 0.6 is 0 Å². The zero-order valence-electron chi connectivity index (χ0n) is 16.6. The van der Waals surface area contributed by atoms with Gasteiger partial charge >= 0.3 is 0 Å². The molecule has 0 radical (unpaired) electrons. The van der Waals surface area contributed by atoms with Crippen LogP contribution in [-0.4, -0.2) is 57.6 Å². The Bertz CT molecular complexity index is 769. The van der Waals surface area contributed by atoms with Gasteiger partial charge in [0.25, 0.3) is 5.91 Å². The highest BCUT2D eigenvalue weighted by molar-refractivity contribution is 7.89. The molecule has 0 aromatic heterocycles. The summed E-state index contributed by atoms with van der Waals surface area (Å²) in [5, 5.41) is 8.27. The first-order valence-electron chi connectivity index (χ1n) is 9.36. The molecule has 1 amide bonds. The quantitative estimate of drug-likeness (QED) is 0.727. The van der Waals surface area contributed by atoms with Gasteiger partial charge in [-0.3, -0.25) is 4.79 Å². The van der Waals surface area contributed by atoms with Crippen LogP contribution in [0, 0.1) is 13.8 Å². The summed E-state index contributed by atoms with van der Waals surface area (Å²) in [5.74, 6) is -0.248. The van der Waals surface area contributed by atoms with E-state index in [0.717, 1.165) is 43.6 Å². The number of carbonyl (C=O) groups is 1. The first-order chi connectivity index (χ1) is 12.6. The maximum absolute atomic E-state index is 12.7. The second-order valence-electron chi connectivity index (χ2n) is 7.47. The van der Waals surface area contributed by atoms with Crippen molar-refractivity contribution in [1.82, 2.24) is 10.2 Å². The van der Waals surface area contributed by atoms with Crippen molar-refractivity contribution in [3.63, 3.8) is 0 Å². The molecule has 0 bridgehead atoms. The third-order valence-electron chi connectivity index (χ3n) is 5.00. The molecule has 27 heavy (non-hydrogen) atoms. The van der Waals surface area contributed by atoms with E-state index in [2.05, 4.69) is 10.2 Å². The van der Waals surface area contributed by atoms with Crippen LogP contribution in [0.2, 0.25) is 0 Å². The molecule has 0 atom stereocenters. The molecule has 3 N–H and O–H groups in total. The predicted octanol–water partition coefficient (Wildman–Crippen LogP) is 1.57. The van der Waals surface area contributed by atoms with Crippen molar-refractivity contribution in [2.45, 2.75) is 57.6 Å². The van der Waals surface area contributed by atoms with E-state index in [1.165, 1.54) is 12.1 Å². The maximum atomic E-state index is 12.7. The van der Waals surface area contributed by atoms with Crippen LogP contribution in [-0.2, 0) is 14.8 Å². The molecule has 0 aliphatic carbocycles. The fraction of sp³-hybridized carbons (Fsp3) is 0.632. The third-order valence-corrected chi connectivity index (χ3v) is 5.89. The molecule has 1 fully saturated rings. The smallest absolute Gasteiger partial charge is 0.251 e. The maximum Gasteiger partial charge on any atom is 0.251 e. The molecular weight excluding hydrogens is 366 g/mol. The van der Waals surface area contributed by atoms with Gasteiger partial charge in [-0.25, -0.2) is 13.6 Å². The highest BCUT2D eigenvalue weighted by Gasteiger charge is 2.23. The number of benzene rings is 1. The summed E-state index contributed by atoms with van der Waals surface area (Å²) in [5.41, 5.74) is 1.86. The molecule has 1 saturated heterocycles. The first-order valence-corrected chi connectivity index (χ1v) is 10.9. The molecule has 0 spiro atoms. The van der Waals surface area contributed by atoms with Crippen LogP contribution in [0.25, 0.3) is 0 Å². The number of nitrogens with zero attached hydrogens (tertiary/aromatic N) is 1. The van der Waals surface area contributed by atoms with Crippen LogP contribution in [0.5, 0.6) is 0 Å². The standard InChI is InChI=1S/C19H31N3O4S/c1-13(2)26-10-9-22-7-5-16(6-8-22)21-19(23)18-12-17(27(20,24)25)11-14(3)15(18)4/h11-13,16H,5-10H2,1-4H3,(H,21,23)(H2,20,24,25). The monoisotopic (exact) mass is 397 g/mol. The number of nitrogens with one attached hydrogen (secondary N) is 1. The molecular formula is C19H31N3O4S. The molecule has 1 aliphatic heterocycles. The number of nitrogens with two attached hydrogens (primary N) is 1. The van der Waals surface area contributed by atoms with E-state index < -0.39 is 10.0 Å². The summed E-state index contributed by atoms with van der Waals surface area (Å²) in [7, 11) is -3.85. The number of ether oxygens (including phenoxy) is 1. The number of sulfonamides is 1. The van der Waals surface area contributed by atoms with Gasteiger partial charge in [0, 0.05) is 31.2 Å². The molecule has 7 nitrogen and oxygen atoms in total. The Morgan fingerprint density at radius 1 is 1.30 bits per heavy atom. The minimum absolute atomic E-state index is 0.0317. The predicted molar refractivity (Wildman–Crippen MR) is 105 cm³/mol. The van der Waals surface area contributed by atoms with E-state index in [9.17, 15) is 13.2 Å². The minimum Gasteiger partial charge on any atom is -0.377 e. The van der Waals surface area contributed by atoms with Gasteiger partial charge in [-0.2, -0.15) is 0 Å². The van der Waals surface area contributed by atoms with E-state index in [1.807, 2.05) is 20.8 Å². The topological polar surface area (TPSA) is 102 Å². The molecule has 0 saturated carbocycles. The van der Waals surface area contributed by atoms with Crippen molar-refractivity contribution in [3.05, 3.63) is 28.8 Å². The molecule has 1 aromatic carbocycles. The number of rotatable bonds is 7. The summed E-state index contributed by atoms with van der Waals surface area (Å²) < 4.78 is 28.9. The number of aryl methyl sites for hydroxylation is 1. The number of piperidine rings is 1. The number of carbonyl (C=O) groups excluding carboxylic acids is 1. The van der Waals surface area contributed by atoms with Gasteiger partial charge < -0.3 is 15.0 Å². The molecule has 1 heterocycles. The summed E-state index contributed by atoms with van der Waals surface area (Å²) in [6, 6.07) is 2.95. The SMILES string of the molecule is Cc1cc(S(N)(=O)=O)cc(C(=O)NC2CCN(CCOC(C)C)CC2)c1C. The van der Waals surface area contributed by atoms with Crippen molar-refractivity contribution in [3.8, 4) is 0 Å². The Kier molecular flexibility index (Phi) is 7.39. The zero-order chi connectivity index (χ0) is 20.2. The average Bonchev–Trinajstić information content (AvgIpc) is 2.57. The molecule has 152 valence electrons. The summed E-state index contributed by atoms with van der Waals surface area (Å²) in [4.78, 5) is 15.0. The minimum atomic E-state index is -3.85. The van der Waals surface area contributed by atoms with E-state index in [1.54, 1.807) is 6.92 Å². The lowest BCUT2D eigenvalue weighted by Crippen LogP contribution is -2.45. The Labute approximate surface area is 162 Å². The first kappa shape index (κ1) is 21.8. The summed E-state index contributed by atoms with van der Waals surface area (Å²) in [6.07, 6.45) is 1.96. The van der Waals surface area contributed by atoms with Gasteiger partial charge in [0.1, 0.15) is 0 Å². The van der Waals surface area contributed by atoms with Gasteiger partial charge in [0.05, 0.1) is 17.6 Å². The van der Waals surface area contributed by atoms with E-state index in [-0.39, 0.29) is 22.9 Å². The van der Waals surface area contributed by atoms with Gasteiger partial charge in [0.15, 0.2) is 0 Å². The third kappa shape index (κ3) is 6.27. The largest absolute Gasteiger partial charge is 0.377 e. The number of amides is 1. The highest BCUT2D eigenvalue weighted by atomic mass is 32.2. The van der Waals surface area contributed by atoms with Crippen molar-refractivity contribution < 1.29 is 17.9 Å². The van der Waals surface area contributed by atoms with E-state index in [4.69, 9.17) is 9.88 Å². The molecule has 1 aliphatic rings. The lowest BCUT2D eigenvalue weighted by molar-refractivity contribution is 0.0520. The Morgan fingerprint density at radius 2 is 1.93 bits per heavy atom. The van der Waals surface area contributed by atoms with Gasteiger partial charge in [-0.1, -0.05) is 0 Å². The molecule has 8 heteroatoms. The van der Waals surface area contributed by atoms with Gasteiger partial charge in [0.2, 0.25) is 10.0 Å². The molecule has 1 aromatic rings. The lowest BCUT2D eigenvalue weighted by Gasteiger charge is -2.32. The molecule has 0 unspecified atom stereocenters. The Morgan fingerprint density at radius 3 is 2.48 bits per heavy atom. The van der Waals surface area contributed by atoms with Crippen LogP contribution in [0.1, 0.15) is 48.2 Å². The summed E-state index contributed by atoms with van der Waals surface area (Å²) >= 11 is 0. The fourth-order valence-corrected chi connectivity index (χ4v) is 3.83. The molecule has 2 rings (SSSR count). The fourth-order valence-electron chi connectivity index (χ4n) is 3.21. The highest BCUT2D eigenvalue weighted by Crippen LogP contribution is 2.20. The van der Waals surface area contributed by atoms with E-state index in [0.29, 0.717) is 12.2 Å². The van der Waals surface area contributed by atoms with Crippen molar-refractivity contribution in [2.75, 3.05) is 26.2 Å². The van der Waals surface area contributed by atoms with Crippen LogP contribution < -0.4 is 10.5 Å².